The third-order valence-electron chi connectivity index (χ3n) is 3.21. The van der Waals surface area contributed by atoms with Crippen molar-refractivity contribution in [3.8, 4) is 0 Å². The molecule has 1 atom stereocenters. The molecular formula is C13H18N2O. The number of carbonyl (C=O) groups is 1. The van der Waals surface area contributed by atoms with Gasteiger partial charge in [-0.05, 0) is 36.5 Å². The Morgan fingerprint density at radius 2 is 2.00 bits per heavy atom. The van der Waals surface area contributed by atoms with Gasteiger partial charge in [-0.15, -0.1) is 0 Å². The molecule has 1 fully saturated rings. The SMILES string of the molecule is C[C@H](CC(=O)N1CCCC1)c1ccncc1. The van der Waals surface area contributed by atoms with Crippen LogP contribution in [0, 0.1) is 0 Å². The Kier molecular flexibility index (Phi) is 3.54. The monoisotopic (exact) mass is 218 g/mol. The lowest BCUT2D eigenvalue weighted by Crippen LogP contribution is -2.28. The quantitative estimate of drug-likeness (QED) is 0.779. The van der Waals surface area contributed by atoms with E-state index in [4.69, 9.17) is 0 Å². The minimum absolute atomic E-state index is 0.288. The first-order valence-corrected chi connectivity index (χ1v) is 5.95. The second-order valence-electron chi connectivity index (χ2n) is 4.47. The maximum Gasteiger partial charge on any atom is 0.223 e. The van der Waals surface area contributed by atoms with Gasteiger partial charge in [0.2, 0.25) is 5.91 Å². The van der Waals surface area contributed by atoms with E-state index in [1.54, 1.807) is 12.4 Å². The molecule has 1 saturated heterocycles. The van der Waals surface area contributed by atoms with Gasteiger partial charge in [-0.1, -0.05) is 6.92 Å². The smallest absolute Gasteiger partial charge is 0.223 e. The van der Waals surface area contributed by atoms with Crippen LogP contribution in [0.15, 0.2) is 24.5 Å². The molecule has 2 rings (SSSR count). The fraction of sp³-hybridized carbons (Fsp3) is 0.538. The number of amides is 1. The highest BCUT2D eigenvalue weighted by Crippen LogP contribution is 2.20. The van der Waals surface area contributed by atoms with E-state index in [-0.39, 0.29) is 5.92 Å². The zero-order chi connectivity index (χ0) is 11.4. The first-order chi connectivity index (χ1) is 7.77. The van der Waals surface area contributed by atoms with E-state index in [9.17, 15) is 4.79 Å². The van der Waals surface area contributed by atoms with Crippen molar-refractivity contribution in [2.24, 2.45) is 0 Å². The third kappa shape index (κ3) is 2.60. The summed E-state index contributed by atoms with van der Waals surface area (Å²) in [5, 5.41) is 0. The summed E-state index contributed by atoms with van der Waals surface area (Å²) >= 11 is 0. The van der Waals surface area contributed by atoms with Gasteiger partial charge in [-0.25, -0.2) is 0 Å². The van der Waals surface area contributed by atoms with Gasteiger partial charge in [-0.3, -0.25) is 9.78 Å². The maximum atomic E-state index is 11.9. The van der Waals surface area contributed by atoms with Crippen molar-refractivity contribution in [1.29, 1.82) is 0 Å². The third-order valence-corrected chi connectivity index (χ3v) is 3.21. The van der Waals surface area contributed by atoms with Gasteiger partial charge >= 0.3 is 0 Å². The number of aromatic nitrogens is 1. The fourth-order valence-electron chi connectivity index (χ4n) is 2.17. The molecule has 0 aliphatic carbocycles. The lowest BCUT2D eigenvalue weighted by Gasteiger charge is -2.18. The fourth-order valence-corrected chi connectivity index (χ4v) is 2.17. The molecule has 0 spiro atoms. The summed E-state index contributed by atoms with van der Waals surface area (Å²) in [7, 11) is 0. The van der Waals surface area contributed by atoms with Gasteiger partial charge < -0.3 is 4.90 Å². The minimum atomic E-state index is 0.288. The molecule has 0 unspecified atom stereocenters. The Hall–Kier alpha value is -1.38. The summed E-state index contributed by atoms with van der Waals surface area (Å²) in [6.45, 7) is 3.99. The zero-order valence-electron chi connectivity index (χ0n) is 9.72. The van der Waals surface area contributed by atoms with Gasteiger partial charge in [0, 0.05) is 31.9 Å². The highest BCUT2D eigenvalue weighted by atomic mass is 16.2. The molecule has 0 bridgehead atoms. The van der Waals surface area contributed by atoms with Gasteiger partial charge in [0.1, 0.15) is 0 Å². The van der Waals surface area contributed by atoms with Crippen molar-refractivity contribution in [1.82, 2.24) is 9.88 Å². The van der Waals surface area contributed by atoms with Crippen molar-refractivity contribution in [3.63, 3.8) is 0 Å². The number of hydrogen-bond donors (Lipinski definition) is 0. The molecule has 0 N–H and O–H groups in total. The zero-order valence-corrected chi connectivity index (χ0v) is 9.72. The summed E-state index contributed by atoms with van der Waals surface area (Å²) < 4.78 is 0. The maximum absolute atomic E-state index is 11.9. The molecule has 3 heteroatoms. The first kappa shape index (κ1) is 11.1. The Labute approximate surface area is 96.5 Å². The van der Waals surface area contributed by atoms with Crippen molar-refractivity contribution in [3.05, 3.63) is 30.1 Å². The molecule has 1 aliphatic heterocycles. The van der Waals surface area contributed by atoms with Crippen LogP contribution >= 0.6 is 0 Å². The van der Waals surface area contributed by atoms with E-state index in [2.05, 4.69) is 11.9 Å². The second-order valence-corrected chi connectivity index (χ2v) is 4.47. The average Bonchev–Trinajstić information content (AvgIpc) is 2.83. The Bertz CT molecular complexity index is 344. The Morgan fingerprint density at radius 3 is 2.62 bits per heavy atom. The van der Waals surface area contributed by atoms with Crippen molar-refractivity contribution in [2.45, 2.75) is 32.1 Å². The number of likely N-dealkylation sites (tertiary alicyclic amines) is 1. The second kappa shape index (κ2) is 5.10. The highest BCUT2D eigenvalue weighted by molar-refractivity contribution is 5.77. The van der Waals surface area contributed by atoms with Gasteiger partial charge in [0.15, 0.2) is 0 Å². The van der Waals surface area contributed by atoms with Crippen LogP contribution in [0.4, 0.5) is 0 Å². The van der Waals surface area contributed by atoms with Crippen LogP contribution < -0.4 is 0 Å². The predicted molar refractivity (Wildman–Crippen MR) is 63.1 cm³/mol. The van der Waals surface area contributed by atoms with E-state index in [1.165, 1.54) is 5.56 Å². The molecular weight excluding hydrogens is 200 g/mol. The van der Waals surface area contributed by atoms with Crippen LogP contribution in [-0.4, -0.2) is 28.9 Å². The molecule has 1 aromatic heterocycles. The van der Waals surface area contributed by atoms with E-state index in [0.29, 0.717) is 12.3 Å². The lowest BCUT2D eigenvalue weighted by atomic mass is 9.98. The van der Waals surface area contributed by atoms with E-state index in [1.807, 2.05) is 17.0 Å². The first-order valence-electron chi connectivity index (χ1n) is 5.95. The summed E-state index contributed by atoms with van der Waals surface area (Å²) in [5.74, 6) is 0.581. The van der Waals surface area contributed by atoms with Crippen LogP contribution in [0.2, 0.25) is 0 Å². The molecule has 0 aromatic carbocycles. The lowest BCUT2D eigenvalue weighted by molar-refractivity contribution is -0.130. The van der Waals surface area contributed by atoms with Crippen LogP contribution in [0.1, 0.15) is 37.7 Å². The topological polar surface area (TPSA) is 33.2 Å². The summed E-state index contributed by atoms with van der Waals surface area (Å²) in [5.41, 5.74) is 1.20. The molecule has 0 radical (unpaired) electrons. The van der Waals surface area contributed by atoms with Gasteiger partial charge in [0.25, 0.3) is 0 Å². The molecule has 16 heavy (non-hydrogen) atoms. The van der Waals surface area contributed by atoms with E-state index >= 15 is 0 Å². The molecule has 2 heterocycles. The van der Waals surface area contributed by atoms with Crippen LogP contribution in [0.3, 0.4) is 0 Å². The molecule has 1 aliphatic rings. The Morgan fingerprint density at radius 1 is 1.38 bits per heavy atom. The largest absolute Gasteiger partial charge is 0.343 e. The molecule has 1 aromatic rings. The minimum Gasteiger partial charge on any atom is -0.343 e. The van der Waals surface area contributed by atoms with Gasteiger partial charge in [-0.2, -0.15) is 0 Å². The molecule has 0 saturated carbocycles. The van der Waals surface area contributed by atoms with Crippen LogP contribution in [-0.2, 0) is 4.79 Å². The van der Waals surface area contributed by atoms with Crippen molar-refractivity contribution < 1.29 is 4.79 Å². The van der Waals surface area contributed by atoms with Crippen molar-refractivity contribution in [2.75, 3.05) is 13.1 Å². The molecule has 86 valence electrons. The summed E-state index contributed by atoms with van der Waals surface area (Å²) in [6.07, 6.45) is 6.51. The normalized spacial score (nSPS) is 17.4. The highest BCUT2D eigenvalue weighted by Gasteiger charge is 2.20. The summed E-state index contributed by atoms with van der Waals surface area (Å²) in [6, 6.07) is 3.98. The average molecular weight is 218 g/mol. The number of nitrogens with zero attached hydrogens (tertiary/aromatic N) is 2. The van der Waals surface area contributed by atoms with Crippen LogP contribution in [0.5, 0.6) is 0 Å². The number of pyridine rings is 1. The number of hydrogen-bond acceptors (Lipinski definition) is 2. The van der Waals surface area contributed by atoms with E-state index in [0.717, 1.165) is 25.9 Å². The van der Waals surface area contributed by atoms with Crippen molar-refractivity contribution >= 4 is 5.91 Å². The number of rotatable bonds is 3. The predicted octanol–water partition coefficient (Wildman–Crippen LogP) is 2.20. The number of carbonyl (C=O) groups excluding carboxylic acids is 1. The molecule has 3 nitrogen and oxygen atoms in total. The van der Waals surface area contributed by atoms with Gasteiger partial charge in [0.05, 0.1) is 0 Å². The summed E-state index contributed by atoms with van der Waals surface area (Å²) in [4.78, 5) is 17.9. The van der Waals surface area contributed by atoms with E-state index < -0.39 is 0 Å². The molecule has 1 amide bonds. The standard InChI is InChI=1S/C13H18N2O/c1-11(12-4-6-14-7-5-12)10-13(16)15-8-2-3-9-15/h4-7,11H,2-3,8-10H2,1H3/t11-/m1/s1. The van der Waals surface area contributed by atoms with Crippen LogP contribution in [0.25, 0.3) is 0 Å². The Balaban J connectivity index is 1.92.